The summed E-state index contributed by atoms with van der Waals surface area (Å²) >= 11 is 0. The molecule has 2 aromatic heterocycles. The van der Waals surface area contributed by atoms with Crippen molar-refractivity contribution < 1.29 is 13.2 Å². The van der Waals surface area contributed by atoms with Crippen LogP contribution in [0.3, 0.4) is 0 Å². The monoisotopic (exact) mass is 536 g/mol. The number of hydrogen-bond donors (Lipinski definition) is 1. The van der Waals surface area contributed by atoms with E-state index in [4.69, 9.17) is 5.73 Å². The molecule has 39 heavy (non-hydrogen) atoms. The van der Waals surface area contributed by atoms with E-state index < -0.39 is 18.3 Å². The quantitative estimate of drug-likeness (QED) is 0.262. The number of rotatable bonds is 10. The Labute approximate surface area is 224 Å². The van der Waals surface area contributed by atoms with Gasteiger partial charge >= 0.3 is 6.18 Å². The molecule has 10 heteroatoms. The normalized spacial score (nSPS) is 13.6. The number of fused-ring (bicyclic) bond motifs is 1. The summed E-state index contributed by atoms with van der Waals surface area (Å²) in [5.41, 5.74) is 8.20. The average Bonchev–Trinajstić information content (AvgIpc) is 3.60. The Morgan fingerprint density at radius 2 is 1.74 bits per heavy atom. The lowest BCUT2D eigenvalue weighted by atomic mass is 10.0. The largest absolute Gasteiger partial charge is 0.408 e. The SMILES string of the molecule is NCCCCCCn1ncc2c(-c3cc(-c4ccc(N5C=CCC5)cc4)nn(CC(F)(F)F)c3=O)cccc21. The van der Waals surface area contributed by atoms with E-state index in [1.807, 2.05) is 41.2 Å². The predicted octanol–water partition coefficient (Wildman–Crippen LogP) is 5.73. The molecule has 0 saturated heterocycles. The van der Waals surface area contributed by atoms with Crippen LogP contribution >= 0.6 is 0 Å². The van der Waals surface area contributed by atoms with Crippen LogP contribution in [0.25, 0.3) is 33.3 Å². The molecule has 0 spiro atoms. The maximum atomic E-state index is 13.4. The molecule has 0 aliphatic carbocycles. The lowest BCUT2D eigenvalue weighted by Gasteiger charge is -2.16. The molecule has 0 bridgehead atoms. The van der Waals surface area contributed by atoms with Crippen LogP contribution in [0.5, 0.6) is 0 Å². The predicted molar refractivity (Wildman–Crippen MR) is 147 cm³/mol. The molecule has 0 amide bonds. The van der Waals surface area contributed by atoms with Crippen LogP contribution in [0.4, 0.5) is 18.9 Å². The van der Waals surface area contributed by atoms with E-state index in [1.165, 1.54) is 0 Å². The molecule has 0 atom stereocenters. The van der Waals surface area contributed by atoms with Crippen molar-refractivity contribution >= 4 is 16.6 Å². The Morgan fingerprint density at radius 1 is 0.949 bits per heavy atom. The highest BCUT2D eigenvalue weighted by atomic mass is 19.4. The standard InChI is InChI=1S/C29H31F3N6O/c30-29(31,32)20-38-28(39)24(18-26(35-38)21-10-12-22(13-11-21)36-15-5-6-16-36)23-8-7-9-27-25(23)19-34-37(27)17-4-2-1-3-14-33/h5,7-13,15,18-19H,1-4,6,14,16-17,20,33H2. The van der Waals surface area contributed by atoms with E-state index in [0.29, 0.717) is 40.0 Å². The third-order valence-electron chi connectivity index (χ3n) is 6.92. The van der Waals surface area contributed by atoms with E-state index in [-0.39, 0.29) is 5.56 Å². The smallest absolute Gasteiger partial charge is 0.348 e. The van der Waals surface area contributed by atoms with Crippen LogP contribution in [-0.4, -0.2) is 38.8 Å². The highest BCUT2D eigenvalue weighted by Crippen LogP contribution is 2.30. The first kappa shape index (κ1) is 26.7. The summed E-state index contributed by atoms with van der Waals surface area (Å²) < 4.78 is 42.7. The summed E-state index contributed by atoms with van der Waals surface area (Å²) in [7, 11) is 0. The first-order chi connectivity index (χ1) is 18.8. The van der Waals surface area contributed by atoms with Crippen LogP contribution in [0.1, 0.15) is 32.1 Å². The summed E-state index contributed by atoms with van der Waals surface area (Å²) in [4.78, 5) is 15.4. The van der Waals surface area contributed by atoms with E-state index in [2.05, 4.69) is 21.2 Å². The molecule has 0 radical (unpaired) electrons. The number of unbranched alkanes of at least 4 members (excludes halogenated alkanes) is 3. The maximum Gasteiger partial charge on any atom is 0.408 e. The number of alkyl halides is 3. The third-order valence-corrected chi connectivity index (χ3v) is 6.92. The van der Waals surface area contributed by atoms with Gasteiger partial charge in [0.25, 0.3) is 5.56 Å². The van der Waals surface area contributed by atoms with Crippen LogP contribution < -0.4 is 16.2 Å². The van der Waals surface area contributed by atoms with Crippen LogP contribution in [-0.2, 0) is 13.1 Å². The fourth-order valence-electron chi connectivity index (χ4n) is 4.96. The molecule has 204 valence electrons. The van der Waals surface area contributed by atoms with Crippen molar-refractivity contribution in [1.29, 1.82) is 0 Å². The van der Waals surface area contributed by atoms with Gasteiger partial charge in [-0.2, -0.15) is 23.4 Å². The first-order valence-corrected chi connectivity index (χ1v) is 13.2. The van der Waals surface area contributed by atoms with E-state index in [1.54, 1.807) is 24.4 Å². The van der Waals surface area contributed by atoms with Gasteiger partial charge in [0.1, 0.15) is 6.54 Å². The molecule has 0 fully saturated rings. The van der Waals surface area contributed by atoms with Gasteiger partial charge in [-0.05, 0) is 55.6 Å². The minimum atomic E-state index is -4.60. The topological polar surface area (TPSA) is 82.0 Å². The number of nitrogens with zero attached hydrogens (tertiary/aromatic N) is 5. The fraction of sp³-hybridized carbons (Fsp3) is 0.345. The molecule has 1 aliphatic heterocycles. The summed E-state index contributed by atoms with van der Waals surface area (Å²) in [5.74, 6) is 0. The minimum Gasteiger partial charge on any atom is -0.348 e. The van der Waals surface area contributed by atoms with E-state index in [0.717, 1.165) is 49.9 Å². The molecule has 7 nitrogen and oxygen atoms in total. The van der Waals surface area contributed by atoms with Crippen LogP contribution in [0.15, 0.2) is 71.8 Å². The number of benzene rings is 2. The zero-order chi connectivity index (χ0) is 27.4. The highest BCUT2D eigenvalue weighted by Gasteiger charge is 2.30. The molecule has 4 aromatic rings. The molecular weight excluding hydrogens is 505 g/mol. The third kappa shape index (κ3) is 6.06. The van der Waals surface area contributed by atoms with Gasteiger partial charge in [0, 0.05) is 35.9 Å². The zero-order valence-electron chi connectivity index (χ0n) is 21.6. The average molecular weight is 537 g/mol. The summed E-state index contributed by atoms with van der Waals surface area (Å²) in [6.07, 6.45) is 6.13. The van der Waals surface area contributed by atoms with Crippen molar-refractivity contribution in [2.45, 2.75) is 51.4 Å². The van der Waals surface area contributed by atoms with Gasteiger partial charge in [0.15, 0.2) is 0 Å². The number of nitrogens with two attached hydrogens (primary N) is 1. The number of anilines is 1. The summed E-state index contributed by atoms with van der Waals surface area (Å²) in [5, 5.41) is 9.35. The zero-order valence-corrected chi connectivity index (χ0v) is 21.6. The van der Waals surface area contributed by atoms with Crippen molar-refractivity contribution in [2.75, 3.05) is 18.0 Å². The molecule has 2 aromatic carbocycles. The Balaban J connectivity index is 1.54. The second-order valence-corrected chi connectivity index (χ2v) is 9.74. The Kier molecular flexibility index (Phi) is 7.83. The number of aromatic nitrogens is 4. The number of aryl methyl sites for hydroxylation is 1. The van der Waals surface area contributed by atoms with Crippen molar-refractivity contribution in [3.8, 4) is 22.4 Å². The van der Waals surface area contributed by atoms with E-state index in [9.17, 15) is 18.0 Å². The Hall–Kier alpha value is -3.92. The Bertz CT molecular complexity index is 1520. The van der Waals surface area contributed by atoms with Crippen molar-refractivity contribution in [3.05, 3.63) is 77.4 Å². The van der Waals surface area contributed by atoms with Gasteiger partial charge in [-0.1, -0.05) is 43.2 Å². The maximum absolute atomic E-state index is 13.4. The van der Waals surface area contributed by atoms with Gasteiger partial charge < -0.3 is 10.6 Å². The molecule has 0 saturated carbocycles. The van der Waals surface area contributed by atoms with Crippen molar-refractivity contribution in [1.82, 2.24) is 19.6 Å². The second-order valence-electron chi connectivity index (χ2n) is 9.74. The van der Waals surface area contributed by atoms with Gasteiger partial charge in [-0.3, -0.25) is 9.48 Å². The molecule has 5 rings (SSSR count). The Morgan fingerprint density at radius 3 is 2.46 bits per heavy atom. The molecule has 1 aliphatic rings. The lowest BCUT2D eigenvalue weighted by molar-refractivity contribution is -0.143. The van der Waals surface area contributed by atoms with Crippen molar-refractivity contribution in [3.63, 3.8) is 0 Å². The van der Waals surface area contributed by atoms with E-state index >= 15 is 0 Å². The number of halogens is 3. The van der Waals surface area contributed by atoms with Crippen LogP contribution in [0, 0.1) is 0 Å². The van der Waals surface area contributed by atoms with Gasteiger partial charge in [-0.15, -0.1) is 0 Å². The summed E-state index contributed by atoms with van der Waals surface area (Å²) in [6.45, 7) is 0.786. The molecule has 2 N–H and O–H groups in total. The van der Waals surface area contributed by atoms with Gasteiger partial charge in [0.05, 0.1) is 23.0 Å². The number of hydrogen-bond acceptors (Lipinski definition) is 5. The molecule has 0 unspecified atom stereocenters. The highest BCUT2D eigenvalue weighted by molar-refractivity contribution is 5.95. The lowest BCUT2D eigenvalue weighted by Crippen LogP contribution is -2.31. The van der Waals surface area contributed by atoms with Crippen LogP contribution in [0.2, 0.25) is 0 Å². The minimum absolute atomic E-state index is 0.156. The second kappa shape index (κ2) is 11.4. The summed E-state index contributed by atoms with van der Waals surface area (Å²) in [6, 6.07) is 14.5. The molecular formula is C29H31F3N6O. The first-order valence-electron chi connectivity index (χ1n) is 13.2. The van der Waals surface area contributed by atoms with Gasteiger partial charge in [0.2, 0.25) is 0 Å². The fourth-order valence-corrected chi connectivity index (χ4v) is 4.96. The van der Waals surface area contributed by atoms with Gasteiger partial charge in [-0.25, -0.2) is 4.68 Å². The van der Waals surface area contributed by atoms with Crippen molar-refractivity contribution in [2.24, 2.45) is 5.73 Å². The molecule has 3 heterocycles.